The third-order valence-corrected chi connectivity index (χ3v) is 2.90. The number of hydrogen-bond donors (Lipinski definition) is 1. The number of amides is 1. The van der Waals surface area contributed by atoms with Gasteiger partial charge in [-0.15, -0.1) is 0 Å². The molecule has 0 spiro atoms. The van der Waals surface area contributed by atoms with Crippen molar-refractivity contribution in [2.45, 2.75) is 39.7 Å². The Morgan fingerprint density at radius 3 is 3.05 bits per heavy atom. The number of rotatable bonds is 7. The fourth-order valence-electron chi connectivity index (χ4n) is 1.91. The molecule has 0 unspecified atom stereocenters. The third-order valence-electron chi connectivity index (χ3n) is 2.90. The van der Waals surface area contributed by atoms with Crippen molar-refractivity contribution in [1.29, 1.82) is 0 Å². The highest BCUT2D eigenvalue weighted by Crippen LogP contribution is 2.06. The van der Waals surface area contributed by atoms with E-state index in [9.17, 15) is 4.79 Å². The van der Waals surface area contributed by atoms with Crippen molar-refractivity contribution >= 4 is 5.91 Å². The van der Waals surface area contributed by atoms with E-state index in [-0.39, 0.29) is 5.91 Å². The molecule has 0 aromatic carbocycles. The smallest absolute Gasteiger partial charge is 0.273 e. The summed E-state index contributed by atoms with van der Waals surface area (Å²) in [5.74, 6) is 0.567. The number of aromatic nitrogens is 3. The maximum atomic E-state index is 11.8. The van der Waals surface area contributed by atoms with Gasteiger partial charge in [0.15, 0.2) is 5.69 Å². The molecule has 0 saturated heterocycles. The first-order chi connectivity index (χ1) is 9.69. The lowest BCUT2D eigenvalue weighted by Gasteiger charge is -2.03. The molecule has 2 rings (SSSR count). The van der Waals surface area contributed by atoms with E-state index in [1.165, 1.54) is 0 Å². The van der Waals surface area contributed by atoms with Crippen LogP contribution in [0.4, 0.5) is 0 Å². The molecule has 0 aliphatic heterocycles. The standard InChI is InChI=1S/C14H20N4O2/c1-3-5-12-8-13(17-20-12)14(19)15-6-4-7-18-10-11(2)9-16-18/h8-10H,3-7H2,1-2H3,(H,15,19). The largest absolute Gasteiger partial charge is 0.361 e. The Balaban J connectivity index is 1.71. The number of hydrogen-bond acceptors (Lipinski definition) is 4. The van der Waals surface area contributed by atoms with Crippen LogP contribution in [0.2, 0.25) is 0 Å². The minimum Gasteiger partial charge on any atom is -0.361 e. The van der Waals surface area contributed by atoms with Crippen molar-refractivity contribution in [3.8, 4) is 0 Å². The quantitative estimate of drug-likeness (QED) is 0.784. The van der Waals surface area contributed by atoms with Crippen LogP contribution in [0.1, 0.15) is 41.6 Å². The van der Waals surface area contributed by atoms with Crippen LogP contribution in [0.3, 0.4) is 0 Å². The molecule has 108 valence electrons. The maximum absolute atomic E-state index is 11.8. The van der Waals surface area contributed by atoms with E-state index < -0.39 is 0 Å². The molecule has 0 bridgehead atoms. The molecular weight excluding hydrogens is 256 g/mol. The van der Waals surface area contributed by atoms with Crippen LogP contribution in [0.25, 0.3) is 0 Å². The van der Waals surface area contributed by atoms with Gasteiger partial charge in [0.25, 0.3) is 5.91 Å². The highest BCUT2D eigenvalue weighted by molar-refractivity contribution is 5.92. The van der Waals surface area contributed by atoms with Crippen molar-refractivity contribution in [1.82, 2.24) is 20.3 Å². The summed E-state index contributed by atoms with van der Waals surface area (Å²) < 4.78 is 6.95. The Bertz CT molecular complexity index is 559. The van der Waals surface area contributed by atoms with Gasteiger partial charge in [-0.05, 0) is 25.3 Å². The van der Waals surface area contributed by atoms with E-state index in [0.29, 0.717) is 12.2 Å². The van der Waals surface area contributed by atoms with Crippen LogP contribution in [0.5, 0.6) is 0 Å². The number of nitrogens with one attached hydrogen (secondary N) is 1. The zero-order chi connectivity index (χ0) is 14.4. The van der Waals surface area contributed by atoms with Gasteiger partial charge in [0.2, 0.25) is 0 Å². The summed E-state index contributed by atoms with van der Waals surface area (Å²) >= 11 is 0. The van der Waals surface area contributed by atoms with Crippen molar-refractivity contribution in [3.05, 3.63) is 35.5 Å². The van der Waals surface area contributed by atoms with E-state index in [1.807, 2.05) is 24.0 Å². The van der Waals surface area contributed by atoms with Crippen LogP contribution < -0.4 is 5.32 Å². The van der Waals surface area contributed by atoms with E-state index in [1.54, 1.807) is 6.07 Å². The summed E-state index contributed by atoms with van der Waals surface area (Å²) in [4.78, 5) is 11.8. The van der Waals surface area contributed by atoms with E-state index in [0.717, 1.165) is 37.1 Å². The Kier molecular flexibility index (Phi) is 4.92. The molecule has 0 aliphatic rings. The number of nitrogens with zero attached hydrogens (tertiary/aromatic N) is 3. The minimum atomic E-state index is -0.187. The molecule has 2 aromatic rings. The average molecular weight is 276 g/mol. The van der Waals surface area contributed by atoms with Crippen LogP contribution in [0.15, 0.2) is 23.0 Å². The maximum Gasteiger partial charge on any atom is 0.273 e. The van der Waals surface area contributed by atoms with Crippen molar-refractivity contribution in [2.75, 3.05) is 6.54 Å². The highest BCUT2D eigenvalue weighted by atomic mass is 16.5. The molecule has 1 N–H and O–H groups in total. The summed E-state index contributed by atoms with van der Waals surface area (Å²) in [6.07, 6.45) is 6.41. The zero-order valence-corrected chi connectivity index (χ0v) is 11.9. The number of carbonyl (C=O) groups is 1. The molecule has 1 amide bonds. The highest BCUT2D eigenvalue weighted by Gasteiger charge is 2.11. The molecule has 6 heteroatoms. The lowest BCUT2D eigenvalue weighted by molar-refractivity contribution is 0.0943. The molecule has 20 heavy (non-hydrogen) atoms. The fraction of sp³-hybridized carbons (Fsp3) is 0.500. The Labute approximate surface area is 118 Å². The normalized spacial score (nSPS) is 10.7. The minimum absolute atomic E-state index is 0.187. The first-order valence-electron chi connectivity index (χ1n) is 6.92. The second-order valence-corrected chi connectivity index (χ2v) is 4.82. The van der Waals surface area contributed by atoms with Crippen molar-refractivity contribution in [3.63, 3.8) is 0 Å². The third kappa shape index (κ3) is 3.94. The van der Waals surface area contributed by atoms with Crippen LogP contribution in [0, 0.1) is 6.92 Å². The van der Waals surface area contributed by atoms with Gasteiger partial charge in [-0.25, -0.2) is 0 Å². The topological polar surface area (TPSA) is 73.0 Å². The van der Waals surface area contributed by atoms with Gasteiger partial charge in [0.1, 0.15) is 5.76 Å². The van der Waals surface area contributed by atoms with E-state index >= 15 is 0 Å². The molecule has 0 radical (unpaired) electrons. The predicted molar refractivity (Wildman–Crippen MR) is 74.4 cm³/mol. The molecular formula is C14H20N4O2. The van der Waals surface area contributed by atoms with Gasteiger partial charge >= 0.3 is 0 Å². The summed E-state index contributed by atoms with van der Waals surface area (Å²) in [5, 5.41) is 10.8. The Morgan fingerprint density at radius 2 is 2.35 bits per heavy atom. The molecule has 0 atom stereocenters. The van der Waals surface area contributed by atoms with Crippen molar-refractivity contribution < 1.29 is 9.32 Å². The van der Waals surface area contributed by atoms with E-state index in [2.05, 4.69) is 22.5 Å². The van der Waals surface area contributed by atoms with Gasteiger partial charge in [0.05, 0.1) is 6.20 Å². The second-order valence-electron chi connectivity index (χ2n) is 4.82. The summed E-state index contributed by atoms with van der Waals surface area (Å²) in [7, 11) is 0. The number of carbonyl (C=O) groups excluding carboxylic acids is 1. The number of aryl methyl sites for hydroxylation is 3. The zero-order valence-electron chi connectivity index (χ0n) is 11.9. The fourth-order valence-corrected chi connectivity index (χ4v) is 1.91. The van der Waals surface area contributed by atoms with Gasteiger partial charge in [-0.1, -0.05) is 12.1 Å². The van der Waals surface area contributed by atoms with Gasteiger partial charge in [0, 0.05) is 31.8 Å². The summed E-state index contributed by atoms with van der Waals surface area (Å²) in [6.45, 7) is 5.44. The molecule has 0 aliphatic carbocycles. The summed E-state index contributed by atoms with van der Waals surface area (Å²) in [6, 6.07) is 1.70. The first kappa shape index (κ1) is 14.3. The molecule has 2 aromatic heterocycles. The second kappa shape index (κ2) is 6.88. The predicted octanol–water partition coefficient (Wildman–Crippen LogP) is 1.95. The first-order valence-corrected chi connectivity index (χ1v) is 6.92. The van der Waals surface area contributed by atoms with Crippen LogP contribution >= 0.6 is 0 Å². The van der Waals surface area contributed by atoms with Gasteiger partial charge < -0.3 is 9.84 Å². The monoisotopic (exact) mass is 276 g/mol. The average Bonchev–Trinajstić information content (AvgIpc) is 3.04. The summed E-state index contributed by atoms with van der Waals surface area (Å²) in [5.41, 5.74) is 1.49. The lowest BCUT2D eigenvalue weighted by atomic mass is 10.2. The molecule has 6 nitrogen and oxygen atoms in total. The van der Waals surface area contributed by atoms with E-state index in [4.69, 9.17) is 4.52 Å². The van der Waals surface area contributed by atoms with Crippen LogP contribution in [-0.4, -0.2) is 27.4 Å². The van der Waals surface area contributed by atoms with Crippen LogP contribution in [-0.2, 0) is 13.0 Å². The van der Waals surface area contributed by atoms with Crippen molar-refractivity contribution in [2.24, 2.45) is 0 Å². The van der Waals surface area contributed by atoms with Gasteiger partial charge in [-0.2, -0.15) is 5.10 Å². The molecule has 2 heterocycles. The van der Waals surface area contributed by atoms with Gasteiger partial charge in [-0.3, -0.25) is 9.48 Å². The lowest BCUT2D eigenvalue weighted by Crippen LogP contribution is -2.25. The SMILES string of the molecule is CCCc1cc(C(=O)NCCCn2cc(C)cn2)no1. The Morgan fingerprint density at radius 1 is 1.50 bits per heavy atom. The molecule has 0 fully saturated rings. The Hall–Kier alpha value is -2.11. The molecule has 0 saturated carbocycles.